The number of nitrogens with zero attached hydrogens (tertiary/aromatic N) is 1. The fourth-order valence-electron chi connectivity index (χ4n) is 1.86. The molecule has 2 aromatic rings. The molecule has 2 aromatic carbocycles. The molecule has 0 saturated carbocycles. The van der Waals surface area contributed by atoms with Gasteiger partial charge in [-0.3, -0.25) is 0 Å². The molecule has 0 heterocycles. The van der Waals surface area contributed by atoms with E-state index >= 15 is 0 Å². The fraction of sp³-hybridized carbons (Fsp3) is 0.188. The highest BCUT2D eigenvalue weighted by Crippen LogP contribution is 2.34. The van der Waals surface area contributed by atoms with E-state index in [9.17, 15) is 13.2 Å². The number of alkyl halides is 3. The molecule has 0 aliphatic rings. The number of aryl methyl sites for hydroxylation is 1. The van der Waals surface area contributed by atoms with Crippen LogP contribution in [0.4, 0.5) is 13.2 Å². The molecule has 0 radical (unpaired) electrons. The van der Waals surface area contributed by atoms with Crippen molar-refractivity contribution in [3.05, 3.63) is 59.2 Å². The van der Waals surface area contributed by atoms with Crippen LogP contribution in [0.5, 0.6) is 11.5 Å². The maximum atomic E-state index is 12.7. The summed E-state index contributed by atoms with van der Waals surface area (Å²) in [6.07, 6.45) is -3.66. The van der Waals surface area contributed by atoms with Crippen LogP contribution in [0.2, 0.25) is 0 Å². The largest absolute Gasteiger partial charge is 0.457 e. The van der Waals surface area contributed by atoms with E-state index in [0.29, 0.717) is 5.75 Å². The number of hydrogen-bond acceptors (Lipinski definition) is 2. The fourth-order valence-corrected chi connectivity index (χ4v) is 1.86. The molecule has 0 atom stereocenters. The number of rotatable bonds is 3. The van der Waals surface area contributed by atoms with Gasteiger partial charge < -0.3 is 4.74 Å². The van der Waals surface area contributed by atoms with E-state index in [1.807, 2.05) is 19.1 Å². The second kappa shape index (κ2) is 5.88. The van der Waals surface area contributed by atoms with Gasteiger partial charge in [0.25, 0.3) is 0 Å². The van der Waals surface area contributed by atoms with Crippen LogP contribution >= 0.6 is 0 Å². The summed E-state index contributed by atoms with van der Waals surface area (Å²) in [5.41, 5.74) is -0.281. The number of ether oxygens (including phenoxy) is 1. The molecule has 108 valence electrons. The van der Waals surface area contributed by atoms with Crippen molar-refractivity contribution in [3.63, 3.8) is 0 Å². The van der Waals surface area contributed by atoms with Gasteiger partial charge in [-0.15, -0.1) is 0 Å². The average Bonchev–Trinajstić information content (AvgIpc) is 2.46. The van der Waals surface area contributed by atoms with Crippen molar-refractivity contribution in [1.82, 2.24) is 0 Å². The van der Waals surface area contributed by atoms with Crippen molar-refractivity contribution in [2.24, 2.45) is 0 Å². The van der Waals surface area contributed by atoms with Crippen molar-refractivity contribution in [2.75, 3.05) is 0 Å². The van der Waals surface area contributed by atoms with Crippen LogP contribution in [0, 0.1) is 11.3 Å². The Kier molecular flexibility index (Phi) is 4.18. The van der Waals surface area contributed by atoms with Crippen molar-refractivity contribution >= 4 is 0 Å². The molecule has 2 nitrogen and oxygen atoms in total. The summed E-state index contributed by atoms with van der Waals surface area (Å²) in [5, 5.41) is 8.84. The normalized spacial score (nSPS) is 11.0. The maximum absolute atomic E-state index is 12.7. The summed E-state index contributed by atoms with van der Waals surface area (Å²) in [7, 11) is 0. The summed E-state index contributed by atoms with van der Waals surface area (Å²) in [6, 6.07) is 11.9. The monoisotopic (exact) mass is 291 g/mol. The Morgan fingerprint density at radius 3 is 2.19 bits per heavy atom. The van der Waals surface area contributed by atoms with Crippen molar-refractivity contribution in [2.45, 2.75) is 19.5 Å². The van der Waals surface area contributed by atoms with Gasteiger partial charge in [-0.25, -0.2) is 0 Å². The van der Waals surface area contributed by atoms with Gasteiger partial charge in [0.05, 0.1) is 17.2 Å². The third-order valence-corrected chi connectivity index (χ3v) is 2.98. The van der Waals surface area contributed by atoms with E-state index in [-0.39, 0.29) is 5.75 Å². The lowest BCUT2D eigenvalue weighted by Gasteiger charge is -2.11. The van der Waals surface area contributed by atoms with Crippen molar-refractivity contribution in [1.29, 1.82) is 5.26 Å². The SMILES string of the molecule is CCc1ccc(Oc2ccc(C(F)(F)F)c(C#N)c2)cc1. The Morgan fingerprint density at radius 1 is 1.05 bits per heavy atom. The zero-order valence-corrected chi connectivity index (χ0v) is 11.2. The first-order chi connectivity index (χ1) is 9.94. The van der Waals surface area contributed by atoms with Crippen LogP contribution in [0.15, 0.2) is 42.5 Å². The summed E-state index contributed by atoms with van der Waals surface area (Å²) in [5.74, 6) is 0.708. The van der Waals surface area contributed by atoms with Gasteiger partial charge in [0.1, 0.15) is 11.5 Å². The van der Waals surface area contributed by atoms with E-state index in [0.717, 1.165) is 24.1 Å². The third kappa shape index (κ3) is 3.54. The molecular formula is C16H12F3NO. The van der Waals surface area contributed by atoms with E-state index in [4.69, 9.17) is 10.00 Å². The molecule has 0 bridgehead atoms. The highest BCUT2D eigenvalue weighted by Gasteiger charge is 2.33. The lowest BCUT2D eigenvalue weighted by Crippen LogP contribution is -2.07. The first kappa shape index (κ1) is 14.9. The highest BCUT2D eigenvalue weighted by molar-refractivity contribution is 5.46. The number of benzene rings is 2. The van der Waals surface area contributed by atoms with Gasteiger partial charge in [-0.05, 0) is 42.3 Å². The minimum Gasteiger partial charge on any atom is -0.457 e. The molecule has 0 saturated heterocycles. The molecule has 0 amide bonds. The number of halogens is 3. The van der Waals surface area contributed by atoms with Crippen LogP contribution in [0.25, 0.3) is 0 Å². The van der Waals surface area contributed by atoms with Crippen LogP contribution < -0.4 is 4.74 Å². The molecule has 0 aliphatic carbocycles. The molecule has 21 heavy (non-hydrogen) atoms. The molecule has 0 unspecified atom stereocenters. The van der Waals surface area contributed by atoms with E-state index < -0.39 is 17.3 Å². The van der Waals surface area contributed by atoms with E-state index in [1.54, 1.807) is 18.2 Å². The minimum absolute atomic E-state index is 0.198. The van der Waals surface area contributed by atoms with Crippen LogP contribution in [0.3, 0.4) is 0 Å². The standard InChI is InChI=1S/C16H12F3NO/c1-2-11-3-5-13(6-4-11)21-14-7-8-15(16(17,18)19)12(9-14)10-20/h3-9H,2H2,1H3. The second-order valence-corrected chi connectivity index (χ2v) is 4.42. The van der Waals surface area contributed by atoms with E-state index in [1.165, 1.54) is 6.07 Å². The molecule has 5 heteroatoms. The molecule has 0 aliphatic heterocycles. The zero-order chi connectivity index (χ0) is 15.5. The first-order valence-electron chi connectivity index (χ1n) is 6.32. The number of hydrogen-bond donors (Lipinski definition) is 0. The Labute approximate surface area is 120 Å². The minimum atomic E-state index is -4.55. The van der Waals surface area contributed by atoms with Gasteiger partial charge in [0, 0.05) is 0 Å². The Bertz CT molecular complexity index is 669. The summed E-state index contributed by atoms with van der Waals surface area (Å²) >= 11 is 0. The molecule has 0 aromatic heterocycles. The molecule has 0 spiro atoms. The van der Waals surface area contributed by atoms with Gasteiger partial charge in [-0.1, -0.05) is 19.1 Å². The summed E-state index contributed by atoms with van der Waals surface area (Å²) in [6.45, 7) is 2.02. The molecular weight excluding hydrogens is 279 g/mol. The first-order valence-corrected chi connectivity index (χ1v) is 6.32. The van der Waals surface area contributed by atoms with Crippen molar-refractivity contribution < 1.29 is 17.9 Å². The van der Waals surface area contributed by atoms with Crippen LogP contribution in [-0.4, -0.2) is 0 Å². The Balaban J connectivity index is 2.27. The van der Waals surface area contributed by atoms with Gasteiger partial charge in [0.15, 0.2) is 0 Å². The zero-order valence-electron chi connectivity index (χ0n) is 11.2. The summed E-state index contributed by atoms with van der Waals surface area (Å²) in [4.78, 5) is 0. The average molecular weight is 291 g/mol. The molecule has 2 rings (SSSR count). The van der Waals surface area contributed by atoms with Gasteiger partial charge >= 0.3 is 6.18 Å². The van der Waals surface area contributed by atoms with E-state index in [2.05, 4.69) is 0 Å². The smallest absolute Gasteiger partial charge is 0.417 e. The summed E-state index contributed by atoms with van der Waals surface area (Å²) < 4.78 is 43.5. The van der Waals surface area contributed by atoms with Crippen LogP contribution in [0.1, 0.15) is 23.6 Å². The Hall–Kier alpha value is -2.48. The predicted octanol–water partition coefficient (Wildman–Crippen LogP) is 4.93. The quantitative estimate of drug-likeness (QED) is 0.803. The van der Waals surface area contributed by atoms with Crippen molar-refractivity contribution in [3.8, 4) is 17.6 Å². The topological polar surface area (TPSA) is 33.0 Å². The highest BCUT2D eigenvalue weighted by atomic mass is 19.4. The third-order valence-electron chi connectivity index (χ3n) is 2.98. The molecule has 0 N–H and O–H groups in total. The lowest BCUT2D eigenvalue weighted by molar-refractivity contribution is -0.137. The maximum Gasteiger partial charge on any atom is 0.417 e. The Morgan fingerprint density at radius 2 is 1.67 bits per heavy atom. The molecule has 0 fully saturated rings. The number of nitriles is 1. The van der Waals surface area contributed by atoms with Gasteiger partial charge in [-0.2, -0.15) is 18.4 Å². The lowest BCUT2D eigenvalue weighted by atomic mass is 10.1. The predicted molar refractivity (Wildman–Crippen MR) is 72.1 cm³/mol. The second-order valence-electron chi connectivity index (χ2n) is 4.42. The van der Waals surface area contributed by atoms with Gasteiger partial charge in [0.2, 0.25) is 0 Å². The van der Waals surface area contributed by atoms with Crippen LogP contribution in [-0.2, 0) is 12.6 Å².